The summed E-state index contributed by atoms with van der Waals surface area (Å²) in [4.78, 5) is 12.8. The summed E-state index contributed by atoms with van der Waals surface area (Å²) in [6.07, 6.45) is 0.878. The lowest BCUT2D eigenvalue weighted by atomic mass is 10.2. The first-order valence-corrected chi connectivity index (χ1v) is 5.69. The summed E-state index contributed by atoms with van der Waals surface area (Å²) >= 11 is 6.07. The average Bonchev–Trinajstić information content (AvgIpc) is 2.26. The van der Waals surface area contributed by atoms with Crippen molar-refractivity contribution < 1.29 is 9.90 Å². The first-order chi connectivity index (χ1) is 7.57. The number of halogens is 1. The molecular formula is C12H16ClNO2. The Morgan fingerprint density at radius 2 is 2.12 bits per heavy atom. The van der Waals surface area contributed by atoms with Crippen LogP contribution in [0.4, 0.5) is 5.69 Å². The molecule has 0 aliphatic carbocycles. The van der Waals surface area contributed by atoms with Gasteiger partial charge in [-0.25, -0.2) is 4.79 Å². The molecule has 1 aromatic carbocycles. The molecule has 0 aliphatic rings. The molecule has 0 spiro atoms. The third-order valence-corrected chi connectivity index (χ3v) is 2.77. The van der Waals surface area contributed by atoms with E-state index in [1.54, 1.807) is 13.0 Å². The van der Waals surface area contributed by atoms with Gasteiger partial charge in [0.15, 0.2) is 0 Å². The van der Waals surface area contributed by atoms with E-state index in [0.717, 1.165) is 12.1 Å². The predicted octanol–water partition coefficient (Wildman–Crippen LogP) is 3.03. The van der Waals surface area contributed by atoms with Crippen molar-refractivity contribution >= 4 is 23.3 Å². The highest BCUT2D eigenvalue weighted by Gasteiger charge is 2.21. The van der Waals surface area contributed by atoms with Gasteiger partial charge in [0.1, 0.15) is 6.04 Å². The fraction of sp³-hybridized carbons (Fsp3) is 0.417. The molecule has 0 aliphatic heterocycles. The van der Waals surface area contributed by atoms with Gasteiger partial charge < -0.3 is 10.0 Å². The number of hydrogen-bond donors (Lipinski definition) is 1. The van der Waals surface area contributed by atoms with E-state index < -0.39 is 12.0 Å². The molecule has 3 nitrogen and oxygen atoms in total. The fourth-order valence-corrected chi connectivity index (χ4v) is 1.83. The van der Waals surface area contributed by atoms with E-state index in [2.05, 4.69) is 0 Å². The van der Waals surface area contributed by atoms with Crippen molar-refractivity contribution in [1.82, 2.24) is 0 Å². The van der Waals surface area contributed by atoms with E-state index in [1.165, 1.54) is 0 Å². The highest BCUT2D eigenvalue weighted by Crippen LogP contribution is 2.27. The van der Waals surface area contributed by atoms with Gasteiger partial charge in [-0.2, -0.15) is 0 Å². The Morgan fingerprint density at radius 1 is 1.50 bits per heavy atom. The smallest absolute Gasteiger partial charge is 0.326 e. The van der Waals surface area contributed by atoms with E-state index in [0.29, 0.717) is 11.6 Å². The maximum Gasteiger partial charge on any atom is 0.326 e. The zero-order valence-corrected chi connectivity index (χ0v) is 10.2. The van der Waals surface area contributed by atoms with Gasteiger partial charge in [-0.05, 0) is 25.5 Å². The number of para-hydroxylation sites is 1. The number of aliphatic carboxylic acids is 1. The Bertz CT molecular complexity index is 368. The van der Waals surface area contributed by atoms with Crippen LogP contribution in [0.5, 0.6) is 0 Å². The van der Waals surface area contributed by atoms with Crippen LogP contribution in [0.3, 0.4) is 0 Å². The highest BCUT2D eigenvalue weighted by atomic mass is 35.5. The third kappa shape index (κ3) is 2.89. The van der Waals surface area contributed by atoms with Crippen LogP contribution in [0, 0.1) is 0 Å². The van der Waals surface area contributed by atoms with Gasteiger partial charge in [0.05, 0.1) is 10.7 Å². The molecule has 1 N–H and O–H groups in total. The molecule has 0 unspecified atom stereocenters. The Labute approximate surface area is 101 Å². The zero-order valence-electron chi connectivity index (χ0n) is 9.48. The van der Waals surface area contributed by atoms with E-state index in [4.69, 9.17) is 16.7 Å². The van der Waals surface area contributed by atoms with Crippen LogP contribution in [-0.4, -0.2) is 23.7 Å². The molecule has 0 aromatic heterocycles. The first-order valence-electron chi connectivity index (χ1n) is 5.32. The largest absolute Gasteiger partial charge is 0.480 e. The lowest BCUT2D eigenvalue weighted by Gasteiger charge is -2.29. The van der Waals surface area contributed by atoms with Crippen LogP contribution in [0.2, 0.25) is 5.02 Å². The second-order valence-corrected chi connectivity index (χ2v) is 4.07. The molecule has 4 heteroatoms. The number of rotatable bonds is 5. The number of carboxylic acids is 1. The van der Waals surface area contributed by atoms with Gasteiger partial charge in [-0.15, -0.1) is 0 Å². The minimum absolute atomic E-state index is 0.570. The molecule has 0 radical (unpaired) electrons. The molecule has 0 saturated carbocycles. The van der Waals surface area contributed by atoms with E-state index in [1.807, 2.05) is 30.0 Å². The van der Waals surface area contributed by atoms with E-state index in [9.17, 15) is 4.79 Å². The number of carboxylic acid groups (broad SMARTS) is 1. The quantitative estimate of drug-likeness (QED) is 0.862. The number of hydrogen-bond acceptors (Lipinski definition) is 2. The molecule has 0 amide bonds. The zero-order chi connectivity index (χ0) is 12.1. The van der Waals surface area contributed by atoms with Crippen LogP contribution in [0.1, 0.15) is 20.3 Å². The van der Waals surface area contributed by atoms with Crippen molar-refractivity contribution in [3.8, 4) is 0 Å². The second-order valence-electron chi connectivity index (χ2n) is 3.66. The lowest BCUT2D eigenvalue weighted by Crippen LogP contribution is -2.39. The normalized spacial score (nSPS) is 12.2. The summed E-state index contributed by atoms with van der Waals surface area (Å²) < 4.78 is 0. The molecule has 1 rings (SSSR count). The molecule has 88 valence electrons. The summed E-state index contributed by atoms with van der Waals surface area (Å²) in [5.74, 6) is -0.839. The predicted molar refractivity (Wildman–Crippen MR) is 66.2 cm³/mol. The third-order valence-electron chi connectivity index (χ3n) is 2.45. The number of anilines is 1. The van der Waals surface area contributed by atoms with Crippen LogP contribution >= 0.6 is 11.6 Å². The summed E-state index contributed by atoms with van der Waals surface area (Å²) in [5, 5.41) is 9.63. The Kier molecular flexibility index (Phi) is 4.62. The number of carbonyl (C=O) groups is 1. The van der Waals surface area contributed by atoms with Crippen molar-refractivity contribution in [2.45, 2.75) is 26.3 Å². The van der Waals surface area contributed by atoms with Crippen LogP contribution in [0.25, 0.3) is 0 Å². The monoisotopic (exact) mass is 241 g/mol. The maximum atomic E-state index is 11.0. The van der Waals surface area contributed by atoms with Gasteiger partial charge in [0, 0.05) is 6.54 Å². The average molecular weight is 242 g/mol. The minimum Gasteiger partial charge on any atom is -0.480 e. The van der Waals surface area contributed by atoms with E-state index in [-0.39, 0.29) is 0 Å². The molecule has 0 saturated heterocycles. The molecule has 0 heterocycles. The number of benzene rings is 1. The van der Waals surface area contributed by atoms with Crippen molar-refractivity contribution in [3.05, 3.63) is 29.3 Å². The Morgan fingerprint density at radius 3 is 2.62 bits per heavy atom. The first kappa shape index (κ1) is 12.8. The molecule has 0 fully saturated rings. The van der Waals surface area contributed by atoms with Gasteiger partial charge in [0.25, 0.3) is 0 Å². The Hall–Kier alpha value is -1.22. The van der Waals surface area contributed by atoms with Crippen molar-refractivity contribution in [1.29, 1.82) is 0 Å². The molecular weight excluding hydrogens is 226 g/mol. The van der Waals surface area contributed by atoms with Gasteiger partial charge in [-0.1, -0.05) is 30.7 Å². The SMILES string of the molecule is CCCN(c1ccccc1Cl)[C@H](C)C(=O)O. The van der Waals surface area contributed by atoms with Crippen LogP contribution in [0.15, 0.2) is 24.3 Å². The molecule has 16 heavy (non-hydrogen) atoms. The van der Waals surface area contributed by atoms with Gasteiger partial charge in [-0.3, -0.25) is 0 Å². The van der Waals surface area contributed by atoms with Gasteiger partial charge in [0.2, 0.25) is 0 Å². The number of nitrogens with zero attached hydrogens (tertiary/aromatic N) is 1. The summed E-state index contributed by atoms with van der Waals surface area (Å²) in [6, 6.07) is 6.74. The maximum absolute atomic E-state index is 11.0. The standard InChI is InChI=1S/C12H16ClNO2/c1-3-8-14(9(2)12(15)16)11-7-5-4-6-10(11)13/h4-7,9H,3,8H2,1-2H3,(H,15,16)/t9-/m1/s1. The summed E-state index contributed by atoms with van der Waals surface area (Å²) in [6.45, 7) is 4.36. The Balaban J connectivity index is 3.02. The molecule has 1 aromatic rings. The van der Waals surface area contributed by atoms with Crippen molar-refractivity contribution in [3.63, 3.8) is 0 Å². The van der Waals surface area contributed by atoms with Crippen molar-refractivity contribution in [2.24, 2.45) is 0 Å². The lowest BCUT2D eigenvalue weighted by molar-refractivity contribution is -0.138. The minimum atomic E-state index is -0.839. The van der Waals surface area contributed by atoms with Crippen LogP contribution < -0.4 is 4.90 Å². The molecule has 0 bridgehead atoms. The molecule has 1 atom stereocenters. The fourth-order valence-electron chi connectivity index (χ4n) is 1.58. The summed E-state index contributed by atoms with van der Waals surface area (Å²) in [5.41, 5.74) is 0.779. The van der Waals surface area contributed by atoms with Crippen molar-refractivity contribution in [2.75, 3.05) is 11.4 Å². The second kappa shape index (κ2) is 5.75. The topological polar surface area (TPSA) is 40.5 Å². The van der Waals surface area contributed by atoms with E-state index >= 15 is 0 Å². The van der Waals surface area contributed by atoms with Crippen LogP contribution in [-0.2, 0) is 4.79 Å². The highest BCUT2D eigenvalue weighted by molar-refractivity contribution is 6.33. The van der Waals surface area contributed by atoms with Gasteiger partial charge >= 0.3 is 5.97 Å². The summed E-state index contributed by atoms with van der Waals surface area (Å²) in [7, 11) is 0.